The van der Waals surface area contributed by atoms with Crippen LogP contribution in [0.3, 0.4) is 0 Å². The fourth-order valence-corrected chi connectivity index (χ4v) is 7.12. The molecule has 1 saturated carbocycles. The summed E-state index contributed by atoms with van der Waals surface area (Å²) >= 11 is 12.7. The number of halogens is 2. The summed E-state index contributed by atoms with van der Waals surface area (Å²) in [4.78, 5) is 29.6. The standard InChI is InChI=1S/C34H41Cl2N3O5S/c1-3-44-32-17-10-9-16-30(32)39(45(2,42)43)21-11-18-33(40)38(24-26-19-20-27(35)23-29(26)36)31(22-25-12-5-4-6-13-25)34(41)37-28-14-7-8-15-28/h4-6,9-10,12-13,16-17,19-20,23,28,31H,3,7-8,11,14-15,18,21-22,24H2,1-2H3,(H,37,41)/t31-/m1/s1. The molecule has 3 aromatic carbocycles. The molecule has 0 radical (unpaired) electrons. The highest BCUT2D eigenvalue weighted by Gasteiger charge is 2.33. The van der Waals surface area contributed by atoms with E-state index in [4.69, 9.17) is 27.9 Å². The van der Waals surface area contributed by atoms with Crippen molar-refractivity contribution in [2.45, 2.75) is 70.5 Å². The van der Waals surface area contributed by atoms with Gasteiger partial charge in [-0.3, -0.25) is 13.9 Å². The Hall–Kier alpha value is -3.27. The van der Waals surface area contributed by atoms with Gasteiger partial charge in [0, 0.05) is 42.0 Å². The third kappa shape index (κ3) is 9.86. The lowest BCUT2D eigenvalue weighted by Crippen LogP contribution is -2.52. The first-order valence-corrected chi connectivity index (χ1v) is 17.9. The van der Waals surface area contributed by atoms with Crippen molar-refractivity contribution < 1.29 is 22.7 Å². The quantitative estimate of drug-likeness (QED) is 0.195. The Kier molecular flexibility index (Phi) is 12.6. The number of nitrogens with zero attached hydrogens (tertiary/aromatic N) is 2. The second-order valence-corrected chi connectivity index (χ2v) is 14.0. The number of benzene rings is 3. The molecule has 1 fully saturated rings. The van der Waals surface area contributed by atoms with Gasteiger partial charge in [0.1, 0.15) is 11.8 Å². The van der Waals surface area contributed by atoms with Gasteiger partial charge in [0.15, 0.2) is 0 Å². The number of carbonyl (C=O) groups is 2. The number of sulfonamides is 1. The smallest absolute Gasteiger partial charge is 0.243 e. The minimum atomic E-state index is -3.68. The van der Waals surface area contributed by atoms with Crippen LogP contribution >= 0.6 is 23.2 Å². The highest BCUT2D eigenvalue weighted by Crippen LogP contribution is 2.31. The summed E-state index contributed by atoms with van der Waals surface area (Å²) in [5.41, 5.74) is 1.99. The van der Waals surface area contributed by atoms with E-state index in [1.165, 1.54) is 4.31 Å². The van der Waals surface area contributed by atoms with Crippen LogP contribution in [0.4, 0.5) is 5.69 Å². The summed E-state index contributed by atoms with van der Waals surface area (Å²) in [6.07, 6.45) is 5.61. The predicted molar refractivity (Wildman–Crippen MR) is 180 cm³/mol. The van der Waals surface area contributed by atoms with E-state index in [0.717, 1.165) is 37.5 Å². The van der Waals surface area contributed by atoms with Crippen LogP contribution in [-0.4, -0.2) is 56.6 Å². The predicted octanol–water partition coefficient (Wildman–Crippen LogP) is 6.64. The Morgan fingerprint density at radius 3 is 2.36 bits per heavy atom. The monoisotopic (exact) mass is 673 g/mol. The van der Waals surface area contributed by atoms with E-state index in [-0.39, 0.29) is 43.8 Å². The van der Waals surface area contributed by atoms with Gasteiger partial charge in [-0.15, -0.1) is 0 Å². The minimum Gasteiger partial charge on any atom is -0.492 e. The third-order valence-electron chi connectivity index (χ3n) is 7.91. The Labute approximate surface area is 276 Å². The summed E-state index contributed by atoms with van der Waals surface area (Å²) in [6.45, 7) is 2.35. The molecule has 11 heteroatoms. The topological polar surface area (TPSA) is 96.0 Å². The molecule has 0 aliphatic heterocycles. The summed E-state index contributed by atoms with van der Waals surface area (Å²) in [5.74, 6) is -0.0510. The van der Waals surface area contributed by atoms with Crippen LogP contribution < -0.4 is 14.4 Å². The molecule has 0 aromatic heterocycles. The van der Waals surface area contributed by atoms with Crippen molar-refractivity contribution in [3.63, 3.8) is 0 Å². The molecular formula is C34H41Cl2N3O5S. The number of amides is 2. The lowest BCUT2D eigenvalue weighted by atomic mass is 10.0. The van der Waals surface area contributed by atoms with Crippen LogP contribution in [0.5, 0.6) is 5.75 Å². The van der Waals surface area contributed by atoms with E-state index < -0.39 is 16.1 Å². The number of ether oxygens (including phenoxy) is 1. The molecule has 0 unspecified atom stereocenters. The van der Waals surface area contributed by atoms with Crippen molar-refractivity contribution in [3.8, 4) is 5.75 Å². The van der Waals surface area contributed by atoms with Crippen LogP contribution in [-0.2, 0) is 32.6 Å². The Morgan fingerprint density at radius 2 is 1.69 bits per heavy atom. The molecule has 1 N–H and O–H groups in total. The zero-order valence-corrected chi connectivity index (χ0v) is 28.1. The average molecular weight is 675 g/mol. The lowest BCUT2D eigenvalue weighted by molar-refractivity contribution is -0.141. The molecule has 8 nitrogen and oxygen atoms in total. The average Bonchev–Trinajstić information content (AvgIpc) is 3.51. The molecule has 242 valence electrons. The van der Waals surface area contributed by atoms with Crippen molar-refractivity contribution in [2.24, 2.45) is 0 Å². The van der Waals surface area contributed by atoms with Gasteiger partial charge < -0.3 is 15.0 Å². The third-order valence-corrected chi connectivity index (χ3v) is 9.68. The highest BCUT2D eigenvalue weighted by atomic mass is 35.5. The molecule has 0 spiro atoms. The van der Waals surface area contributed by atoms with E-state index >= 15 is 0 Å². The Bertz CT molecular complexity index is 1550. The fraction of sp³-hybridized carbons (Fsp3) is 0.412. The van der Waals surface area contributed by atoms with E-state index in [1.54, 1.807) is 47.4 Å². The Balaban J connectivity index is 1.62. The van der Waals surface area contributed by atoms with Gasteiger partial charge in [0.25, 0.3) is 0 Å². The first-order valence-electron chi connectivity index (χ1n) is 15.3. The van der Waals surface area contributed by atoms with Gasteiger partial charge in [-0.05, 0) is 61.6 Å². The summed E-state index contributed by atoms with van der Waals surface area (Å²) in [6, 6.07) is 20.9. The maximum atomic E-state index is 14.1. The largest absolute Gasteiger partial charge is 0.492 e. The van der Waals surface area contributed by atoms with E-state index in [0.29, 0.717) is 40.1 Å². The second kappa shape index (κ2) is 16.3. The molecule has 1 atom stereocenters. The summed E-state index contributed by atoms with van der Waals surface area (Å²) in [5, 5.41) is 4.05. The number of hydrogen-bond donors (Lipinski definition) is 1. The highest BCUT2D eigenvalue weighted by molar-refractivity contribution is 7.92. The maximum Gasteiger partial charge on any atom is 0.243 e. The number of nitrogens with one attached hydrogen (secondary N) is 1. The van der Waals surface area contributed by atoms with E-state index in [2.05, 4.69) is 5.32 Å². The van der Waals surface area contributed by atoms with Crippen molar-refractivity contribution in [1.82, 2.24) is 10.2 Å². The molecular weight excluding hydrogens is 633 g/mol. The SMILES string of the molecule is CCOc1ccccc1N(CCCC(=O)N(Cc1ccc(Cl)cc1Cl)[C@H](Cc1ccccc1)C(=O)NC1CCCC1)S(C)(=O)=O. The van der Waals surface area contributed by atoms with Gasteiger partial charge in [0.2, 0.25) is 21.8 Å². The molecule has 3 aromatic rings. The Morgan fingerprint density at radius 1 is 1.00 bits per heavy atom. The van der Waals surface area contributed by atoms with Gasteiger partial charge >= 0.3 is 0 Å². The number of carbonyl (C=O) groups excluding carboxylic acids is 2. The van der Waals surface area contributed by atoms with Crippen LogP contribution in [0.25, 0.3) is 0 Å². The van der Waals surface area contributed by atoms with Gasteiger partial charge in [0.05, 0.1) is 18.6 Å². The fourth-order valence-electron chi connectivity index (χ4n) is 5.68. The van der Waals surface area contributed by atoms with Crippen LogP contribution in [0.1, 0.15) is 56.6 Å². The molecule has 4 rings (SSSR count). The normalized spacial score (nSPS) is 14.1. The number of rotatable bonds is 15. The molecule has 2 amide bonds. The van der Waals surface area contributed by atoms with Gasteiger partial charge in [-0.2, -0.15) is 0 Å². The number of anilines is 1. The van der Waals surface area contributed by atoms with E-state index in [9.17, 15) is 18.0 Å². The summed E-state index contributed by atoms with van der Waals surface area (Å²) in [7, 11) is -3.68. The molecule has 0 saturated heterocycles. The zero-order chi connectivity index (χ0) is 32.4. The molecule has 0 bridgehead atoms. The second-order valence-electron chi connectivity index (χ2n) is 11.3. The minimum absolute atomic E-state index is 0.00995. The summed E-state index contributed by atoms with van der Waals surface area (Å²) < 4.78 is 32.7. The van der Waals surface area contributed by atoms with Crippen molar-refractivity contribution in [2.75, 3.05) is 23.7 Å². The molecule has 45 heavy (non-hydrogen) atoms. The van der Waals surface area contributed by atoms with E-state index in [1.807, 2.05) is 37.3 Å². The van der Waals surface area contributed by atoms with Crippen LogP contribution in [0.2, 0.25) is 10.0 Å². The molecule has 1 aliphatic rings. The van der Waals surface area contributed by atoms with Crippen molar-refractivity contribution in [1.29, 1.82) is 0 Å². The van der Waals surface area contributed by atoms with Crippen molar-refractivity contribution in [3.05, 3.63) is 94.0 Å². The number of para-hydroxylation sites is 2. The van der Waals surface area contributed by atoms with Crippen molar-refractivity contribution >= 4 is 50.7 Å². The lowest BCUT2D eigenvalue weighted by Gasteiger charge is -2.33. The molecule has 0 heterocycles. The maximum absolute atomic E-state index is 14.1. The zero-order valence-electron chi connectivity index (χ0n) is 25.8. The number of hydrogen-bond acceptors (Lipinski definition) is 5. The van der Waals surface area contributed by atoms with Crippen LogP contribution in [0.15, 0.2) is 72.8 Å². The van der Waals surface area contributed by atoms with Gasteiger partial charge in [-0.1, -0.05) is 84.6 Å². The first kappa shape index (κ1) is 34.6. The van der Waals surface area contributed by atoms with Gasteiger partial charge in [-0.25, -0.2) is 8.42 Å². The first-order chi connectivity index (χ1) is 21.6. The molecule has 1 aliphatic carbocycles. The van der Waals surface area contributed by atoms with Crippen LogP contribution in [0, 0.1) is 0 Å².